The van der Waals surface area contributed by atoms with E-state index in [0.717, 1.165) is 25.9 Å². The Hall–Kier alpha value is -1.19. The fourth-order valence-corrected chi connectivity index (χ4v) is 4.43. The maximum absolute atomic E-state index is 12.7. The van der Waals surface area contributed by atoms with Crippen molar-refractivity contribution in [3.63, 3.8) is 0 Å². The van der Waals surface area contributed by atoms with Gasteiger partial charge >= 0.3 is 0 Å². The second kappa shape index (κ2) is 8.95. The molecule has 0 aliphatic carbocycles. The monoisotopic (exact) mass is 389 g/mol. The molecule has 2 aliphatic heterocycles. The lowest BCUT2D eigenvalue weighted by Gasteiger charge is -2.26. The van der Waals surface area contributed by atoms with Crippen LogP contribution in [0.3, 0.4) is 0 Å². The summed E-state index contributed by atoms with van der Waals surface area (Å²) in [4.78, 5) is 12.6. The quantitative estimate of drug-likeness (QED) is 0.787. The summed E-state index contributed by atoms with van der Waals surface area (Å²) >= 11 is 0. The Morgan fingerprint density at radius 3 is 2.72 bits per heavy atom. The number of amides is 1. The van der Waals surface area contributed by atoms with Crippen LogP contribution in [0.1, 0.15) is 23.2 Å². The molecule has 2 fully saturated rings. The standard InChI is InChI=1S/C16H23N3O4S.ClH/c20-16(18-14-4-2-6-17-12-14)13-3-1-5-15(11-13)24(21,22)19-7-9-23-10-8-19;/h1,3,5,11,14,17H,2,4,6-10,12H2,(H,18,20);1H. The molecule has 3 rings (SSSR count). The van der Waals surface area contributed by atoms with Crippen LogP contribution in [0.5, 0.6) is 0 Å². The highest BCUT2D eigenvalue weighted by atomic mass is 35.5. The molecule has 0 spiro atoms. The first-order valence-electron chi connectivity index (χ1n) is 8.27. The minimum atomic E-state index is -3.59. The Balaban J connectivity index is 0.00000225. The fourth-order valence-electron chi connectivity index (χ4n) is 2.98. The van der Waals surface area contributed by atoms with Gasteiger partial charge in [0.05, 0.1) is 18.1 Å². The summed E-state index contributed by atoms with van der Waals surface area (Å²) in [5.41, 5.74) is 0.370. The molecule has 0 bridgehead atoms. The first kappa shape index (κ1) is 20.1. The third-order valence-electron chi connectivity index (χ3n) is 4.34. The van der Waals surface area contributed by atoms with Crippen molar-refractivity contribution in [3.05, 3.63) is 29.8 Å². The molecule has 25 heavy (non-hydrogen) atoms. The number of ether oxygens (including phenoxy) is 1. The molecule has 9 heteroatoms. The smallest absolute Gasteiger partial charge is 0.251 e. The molecule has 0 radical (unpaired) electrons. The summed E-state index contributed by atoms with van der Waals surface area (Å²) < 4.78 is 32.0. The number of nitrogens with one attached hydrogen (secondary N) is 2. The molecule has 2 saturated heterocycles. The predicted molar refractivity (Wildman–Crippen MR) is 96.6 cm³/mol. The van der Waals surface area contributed by atoms with Gasteiger partial charge in [0.1, 0.15) is 0 Å². The molecule has 2 N–H and O–H groups in total. The second-order valence-corrected chi connectivity index (χ2v) is 8.00. The number of carbonyl (C=O) groups is 1. The van der Waals surface area contributed by atoms with Gasteiger partial charge in [-0.05, 0) is 37.6 Å². The van der Waals surface area contributed by atoms with Crippen LogP contribution in [0.2, 0.25) is 0 Å². The Morgan fingerprint density at radius 1 is 1.28 bits per heavy atom. The molecule has 2 heterocycles. The normalized spacial score (nSPS) is 22.0. The van der Waals surface area contributed by atoms with Gasteiger partial charge in [-0.15, -0.1) is 12.4 Å². The van der Waals surface area contributed by atoms with Gasteiger partial charge in [0.15, 0.2) is 0 Å². The lowest BCUT2D eigenvalue weighted by molar-refractivity contribution is 0.0730. The number of halogens is 1. The van der Waals surface area contributed by atoms with Gasteiger partial charge in [-0.2, -0.15) is 4.31 Å². The van der Waals surface area contributed by atoms with E-state index in [4.69, 9.17) is 4.74 Å². The van der Waals surface area contributed by atoms with Crippen molar-refractivity contribution in [3.8, 4) is 0 Å². The maximum Gasteiger partial charge on any atom is 0.251 e. The SMILES string of the molecule is Cl.O=C(NC1CCCNC1)c1cccc(S(=O)(=O)N2CCOCC2)c1. The van der Waals surface area contributed by atoms with Gasteiger partial charge in [0, 0.05) is 31.2 Å². The van der Waals surface area contributed by atoms with Gasteiger partial charge in [-0.3, -0.25) is 4.79 Å². The van der Waals surface area contributed by atoms with Crippen molar-refractivity contribution in [1.29, 1.82) is 0 Å². The zero-order valence-electron chi connectivity index (χ0n) is 13.9. The third-order valence-corrected chi connectivity index (χ3v) is 6.23. The van der Waals surface area contributed by atoms with Crippen molar-refractivity contribution in [1.82, 2.24) is 14.9 Å². The van der Waals surface area contributed by atoms with Crippen molar-refractivity contribution in [2.45, 2.75) is 23.8 Å². The van der Waals surface area contributed by atoms with Crippen LogP contribution in [0, 0.1) is 0 Å². The van der Waals surface area contributed by atoms with E-state index in [0.29, 0.717) is 31.9 Å². The van der Waals surface area contributed by atoms with Crippen molar-refractivity contribution in [2.75, 3.05) is 39.4 Å². The minimum absolute atomic E-state index is 0. The van der Waals surface area contributed by atoms with Gasteiger partial charge in [-0.25, -0.2) is 8.42 Å². The van der Waals surface area contributed by atoms with Crippen molar-refractivity contribution < 1.29 is 17.9 Å². The lowest BCUT2D eigenvalue weighted by atomic mass is 10.1. The van der Waals surface area contributed by atoms with Crippen LogP contribution in [0.4, 0.5) is 0 Å². The van der Waals surface area contributed by atoms with E-state index in [9.17, 15) is 13.2 Å². The van der Waals surface area contributed by atoms with Crippen LogP contribution in [-0.4, -0.2) is 64.1 Å². The molecule has 140 valence electrons. The summed E-state index contributed by atoms with van der Waals surface area (Å²) in [5, 5.41) is 6.20. The van der Waals surface area contributed by atoms with Crippen LogP contribution < -0.4 is 10.6 Å². The van der Waals surface area contributed by atoms with Gasteiger partial charge < -0.3 is 15.4 Å². The molecule has 2 aliphatic rings. The Morgan fingerprint density at radius 2 is 2.04 bits per heavy atom. The maximum atomic E-state index is 12.7. The number of morpholine rings is 1. The Bertz CT molecular complexity index is 686. The fraction of sp³-hybridized carbons (Fsp3) is 0.562. The largest absolute Gasteiger partial charge is 0.379 e. The van der Waals surface area contributed by atoms with E-state index in [1.807, 2.05) is 0 Å². The van der Waals surface area contributed by atoms with Crippen LogP contribution in [0.15, 0.2) is 29.2 Å². The molecule has 0 saturated carbocycles. The molecule has 1 aromatic carbocycles. The number of nitrogens with zero attached hydrogens (tertiary/aromatic N) is 1. The zero-order chi connectivity index (χ0) is 17.0. The third kappa shape index (κ3) is 4.92. The van der Waals surface area contributed by atoms with E-state index in [1.54, 1.807) is 12.1 Å². The number of hydrogen-bond acceptors (Lipinski definition) is 5. The summed E-state index contributed by atoms with van der Waals surface area (Å²) in [6, 6.07) is 6.33. The second-order valence-electron chi connectivity index (χ2n) is 6.06. The first-order chi connectivity index (χ1) is 11.6. The molecule has 0 aromatic heterocycles. The average Bonchev–Trinajstić information content (AvgIpc) is 2.63. The van der Waals surface area contributed by atoms with Crippen molar-refractivity contribution in [2.24, 2.45) is 0 Å². The topological polar surface area (TPSA) is 87.7 Å². The number of benzene rings is 1. The number of piperidine rings is 1. The molecule has 1 aromatic rings. The number of carbonyl (C=O) groups excluding carboxylic acids is 1. The van der Waals surface area contributed by atoms with E-state index in [-0.39, 0.29) is 29.3 Å². The molecule has 7 nitrogen and oxygen atoms in total. The van der Waals surface area contributed by atoms with Crippen LogP contribution in [-0.2, 0) is 14.8 Å². The summed E-state index contributed by atoms with van der Waals surface area (Å²) in [7, 11) is -3.59. The molecule has 1 unspecified atom stereocenters. The summed E-state index contributed by atoms with van der Waals surface area (Å²) in [6.45, 7) is 3.19. The number of sulfonamides is 1. The van der Waals surface area contributed by atoms with E-state index in [2.05, 4.69) is 10.6 Å². The van der Waals surface area contributed by atoms with Crippen LogP contribution in [0.25, 0.3) is 0 Å². The highest BCUT2D eigenvalue weighted by Gasteiger charge is 2.27. The highest BCUT2D eigenvalue weighted by molar-refractivity contribution is 7.89. The number of rotatable bonds is 4. The van der Waals surface area contributed by atoms with Crippen molar-refractivity contribution >= 4 is 28.3 Å². The Kier molecular flexibility index (Phi) is 7.21. The van der Waals surface area contributed by atoms with Gasteiger partial charge in [0.25, 0.3) is 5.91 Å². The number of hydrogen-bond donors (Lipinski definition) is 2. The van der Waals surface area contributed by atoms with E-state index in [1.165, 1.54) is 16.4 Å². The predicted octanol–water partition coefficient (Wildman–Crippen LogP) is 0.611. The Labute approximate surface area is 154 Å². The lowest BCUT2D eigenvalue weighted by Crippen LogP contribution is -2.45. The first-order valence-corrected chi connectivity index (χ1v) is 9.71. The molecule has 1 amide bonds. The minimum Gasteiger partial charge on any atom is -0.379 e. The van der Waals surface area contributed by atoms with E-state index >= 15 is 0 Å². The molecular formula is C16H24ClN3O4S. The van der Waals surface area contributed by atoms with Gasteiger partial charge in [0.2, 0.25) is 10.0 Å². The highest BCUT2D eigenvalue weighted by Crippen LogP contribution is 2.18. The van der Waals surface area contributed by atoms with E-state index < -0.39 is 10.0 Å². The molecular weight excluding hydrogens is 366 g/mol. The van der Waals surface area contributed by atoms with Gasteiger partial charge in [-0.1, -0.05) is 6.07 Å². The summed E-state index contributed by atoms with van der Waals surface area (Å²) in [6.07, 6.45) is 1.96. The summed E-state index contributed by atoms with van der Waals surface area (Å²) in [5.74, 6) is -0.234. The molecule has 1 atom stereocenters. The average molecular weight is 390 g/mol. The van der Waals surface area contributed by atoms with Crippen LogP contribution >= 0.6 is 12.4 Å². The zero-order valence-corrected chi connectivity index (χ0v) is 15.6.